The van der Waals surface area contributed by atoms with Crippen LogP contribution in [0.1, 0.15) is 11.1 Å². The molecule has 0 aliphatic rings. The summed E-state index contributed by atoms with van der Waals surface area (Å²) in [6.07, 6.45) is 1.41. The molecule has 6 nitrogen and oxygen atoms in total. The van der Waals surface area contributed by atoms with E-state index in [2.05, 4.69) is 10.3 Å². The Kier molecular flexibility index (Phi) is 5.20. The van der Waals surface area contributed by atoms with E-state index in [4.69, 9.17) is 4.74 Å². The Morgan fingerprint density at radius 2 is 1.84 bits per heavy atom. The summed E-state index contributed by atoms with van der Waals surface area (Å²) in [5.41, 5.74) is 2.41. The molecule has 0 bridgehead atoms. The second kappa shape index (κ2) is 7.72. The summed E-state index contributed by atoms with van der Waals surface area (Å²) in [5, 5.41) is 3.34. The van der Waals surface area contributed by atoms with Crippen LogP contribution in [0.4, 0.5) is 0 Å². The number of fused-ring (bicyclic) bond motifs is 1. The molecular weight excluding hydrogens is 318 g/mol. The predicted octanol–water partition coefficient (Wildman–Crippen LogP) is 1.86. The van der Waals surface area contributed by atoms with Crippen LogP contribution >= 0.6 is 0 Å². The van der Waals surface area contributed by atoms with Gasteiger partial charge in [-0.15, -0.1) is 0 Å². The lowest BCUT2D eigenvalue weighted by atomic mass is 10.1. The molecule has 3 aromatic rings. The zero-order valence-electron chi connectivity index (χ0n) is 13.9. The largest absolute Gasteiger partial charge is 0.380 e. The van der Waals surface area contributed by atoms with Crippen LogP contribution in [0, 0.1) is 0 Å². The van der Waals surface area contributed by atoms with Crippen molar-refractivity contribution >= 4 is 16.8 Å². The average molecular weight is 337 g/mol. The first kappa shape index (κ1) is 16.9. The maximum Gasteiger partial charge on any atom is 0.261 e. The van der Waals surface area contributed by atoms with Gasteiger partial charge in [-0.05, 0) is 23.3 Å². The molecule has 1 aromatic heterocycles. The monoisotopic (exact) mass is 337 g/mol. The van der Waals surface area contributed by atoms with Gasteiger partial charge in [-0.2, -0.15) is 0 Å². The minimum Gasteiger partial charge on any atom is -0.380 e. The van der Waals surface area contributed by atoms with Gasteiger partial charge in [0.1, 0.15) is 6.54 Å². The third kappa shape index (κ3) is 3.92. The zero-order valence-corrected chi connectivity index (χ0v) is 13.9. The van der Waals surface area contributed by atoms with Crippen LogP contribution in [0.25, 0.3) is 10.9 Å². The highest BCUT2D eigenvalue weighted by Gasteiger charge is 2.09. The number of aromatic nitrogens is 2. The van der Waals surface area contributed by atoms with E-state index in [-0.39, 0.29) is 18.0 Å². The topological polar surface area (TPSA) is 73.2 Å². The van der Waals surface area contributed by atoms with Crippen LogP contribution in [0.3, 0.4) is 0 Å². The first-order valence-corrected chi connectivity index (χ1v) is 7.95. The number of carbonyl (C=O) groups is 1. The van der Waals surface area contributed by atoms with E-state index in [1.165, 1.54) is 10.9 Å². The number of methoxy groups -OCH3 is 1. The number of rotatable bonds is 6. The van der Waals surface area contributed by atoms with Crippen molar-refractivity contribution in [2.75, 3.05) is 7.11 Å². The number of amides is 1. The summed E-state index contributed by atoms with van der Waals surface area (Å²) in [4.78, 5) is 28.8. The lowest BCUT2D eigenvalue weighted by Crippen LogP contribution is -2.32. The molecule has 25 heavy (non-hydrogen) atoms. The third-order valence-corrected chi connectivity index (χ3v) is 3.94. The highest BCUT2D eigenvalue weighted by molar-refractivity contribution is 5.78. The van der Waals surface area contributed by atoms with Crippen molar-refractivity contribution in [1.29, 1.82) is 0 Å². The molecule has 128 valence electrons. The number of carbonyl (C=O) groups excluding carboxylic acids is 1. The number of nitrogens with zero attached hydrogens (tertiary/aromatic N) is 2. The molecule has 0 spiro atoms. The van der Waals surface area contributed by atoms with Gasteiger partial charge in [0.05, 0.1) is 23.8 Å². The standard InChI is InChI=1S/C19H19N3O3/c1-25-12-15-7-3-2-6-14(15)10-20-18(23)11-22-13-21-17-9-5-4-8-16(17)19(22)24/h2-9,13H,10-12H2,1H3,(H,20,23). The van der Waals surface area contributed by atoms with Gasteiger partial charge in [0, 0.05) is 13.7 Å². The van der Waals surface area contributed by atoms with Crippen LogP contribution in [-0.2, 0) is 29.2 Å². The molecule has 1 heterocycles. The molecule has 0 atom stereocenters. The van der Waals surface area contributed by atoms with E-state index in [0.29, 0.717) is 24.1 Å². The normalized spacial score (nSPS) is 10.8. The number of ether oxygens (including phenoxy) is 1. The smallest absolute Gasteiger partial charge is 0.261 e. The van der Waals surface area contributed by atoms with E-state index >= 15 is 0 Å². The Balaban J connectivity index is 1.69. The molecule has 3 rings (SSSR count). The number of nitrogens with one attached hydrogen (secondary N) is 1. The van der Waals surface area contributed by atoms with Gasteiger partial charge in [-0.25, -0.2) is 4.98 Å². The summed E-state index contributed by atoms with van der Waals surface area (Å²) in [7, 11) is 1.63. The summed E-state index contributed by atoms with van der Waals surface area (Å²) in [6, 6.07) is 14.8. The molecule has 2 aromatic carbocycles. The van der Waals surface area contributed by atoms with Crippen LogP contribution in [0.5, 0.6) is 0 Å². The quantitative estimate of drug-likeness (QED) is 0.745. The lowest BCUT2D eigenvalue weighted by molar-refractivity contribution is -0.121. The Hall–Kier alpha value is -2.99. The maximum atomic E-state index is 12.4. The van der Waals surface area contributed by atoms with Gasteiger partial charge in [0.2, 0.25) is 5.91 Å². The molecule has 0 radical (unpaired) electrons. The first-order valence-electron chi connectivity index (χ1n) is 7.95. The van der Waals surface area contributed by atoms with Gasteiger partial charge in [-0.1, -0.05) is 36.4 Å². The molecular formula is C19H19N3O3. The van der Waals surface area contributed by atoms with Gasteiger partial charge in [0.15, 0.2) is 0 Å². The Morgan fingerprint density at radius 1 is 1.12 bits per heavy atom. The SMILES string of the molecule is COCc1ccccc1CNC(=O)Cn1cnc2ccccc2c1=O. The Morgan fingerprint density at radius 3 is 2.64 bits per heavy atom. The Bertz CT molecular complexity index is 950. The van der Waals surface area contributed by atoms with Crippen molar-refractivity contribution in [3.05, 3.63) is 76.3 Å². The minimum atomic E-state index is -0.244. The second-order valence-corrected chi connectivity index (χ2v) is 5.67. The molecule has 1 amide bonds. The van der Waals surface area contributed by atoms with Crippen molar-refractivity contribution in [1.82, 2.24) is 14.9 Å². The van der Waals surface area contributed by atoms with E-state index in [9.17, 15) is 9.59 Å². The maximum absolute atomic E-state index is 12.4. The van der Waals surface area contributed by atoms with Gasteiger partial charge < -0.3 is 10.1 Å². The fraction of sp³-hybridized carbons (Fsp3) is 0.211. The second-order valence-electron chi connectivity index (χ2n) is 5.67. The number of para-hydroxylation sites is 1. The van der Waals surface area contributed by atoms with Gasteiger partial charge in [-0.3, -0.25) is 14.2 Å². The van der Waals surface area contributed by atoms with Crippen LogP contribution in [0.15, 0.2) is 59.7 Å². The minimum absolute atomic E-state index is 0.0664. The fourth-order valence-electron chi connectivity index (χ4n) is 2.65. The van der Waals surface area contributed by atoms with Crippen LogP contribution < -0.4 is 10.9 Å². The van der Waals surface area contributed by atoms with Crippen molar-refractivity contribution in [3.63, 3.8) is 0 Å². The van der Waals surface area contributed by atoms with E-state index in [1.807, 2.05) is 30.3 Å². The van der Waals surface area contributed by atoms with Crippen molar-refractivity contribution in [2.45, 2.75) is 19.7 Å². The summed E-state index contributed by atoms with van der Waals surface area (Å²) >= 11 is 0. The highest BCUT2D eigenvalue weighted by atomic mass is 16.5. The molecule has 0 unspecified atom stereocenters. The highest BCUT2D eigenvalue weighted by Crippen LogP contribution is 2.09. The molecule has 6 heteroatoms. The zero-order chi connectivity index (χ0) is 17.6. The molecule has 0 aliphatic carbocycles. The van der Waals surface area contributed by atoms with Crippen molar-refractivity contribution in [3.8, 4) is 0 Å². The number of benzene rings is 2. The number of hydrogen-bond donors (Lipinski definition) is 1. The summed E-state index contributed by atoms with van der Waals surface area (Å²) in [6.45, 7) is 0.803. The average Bonchev–Trinajstić information content (AvgIpc) is 2.64. The molecule has 0 fully saturated rings. The summed E-state index contributed by atoms with van der Waals surface area (Å²) in [5.74, 6) is -0.244. The Labute approximate surface area is 145 Å². The van der Waals surface area contributed by atoms with E-state index in [0.717, 1.165) is 11.1 Å². The number of hydrogen-bond acceptors (Lipinski definition) is 4. The molecule has 0 saturated carbocycles. The molecule has 0 aliphatic heterocycles. The van der Waals surface area contributed by atoms with E-state index < -0.39 is 0 Å². The predicted molar refractivity (Wildman–Crippen MR) is 95.0 cm³/mol. The molecule has 1 N–H and O–H groups in total. The fourth-order valence-corrected chi connectivity index (χ4v) is 2.65. The lowest BCUT2D eigenvalue weighted by Gasteiger charge is -2.11. The molecule has 0 saturated heterocycles. The van der Waals surface area contributed by atoms with Gasteiger partial charge >= 0.3 is 0 Å². The van der Waals surface area contributed by atoms with Crippen molar-refractivity contribution < 1.29 is 9.53 Å². The van der Waals surface area contributed by atoms with Crippen LogP contribution in [-0.4, -0.2) is 22.6 Å². The van der Waals surface area contributed by atoms with Gasteiger partial charge in [0.25, 0.3) is 5.56 Å². The van der Waals surface area contributed by atoms with Crippen molar-refractivity contribution in [2.24, 2.45) is 0 Å². The third-order valence-electron chi connectivity index (χ3n) is 3.94. The van der Waals surface area contributed by atoms with Crippen LogP contribution in [0.2, 0.25) is 0 Å². The first-order chi connectivity index (χ1) is 12.2. The van der Waals surface area contributed by atoms with E-state index in [1.54, 1.807) is 25.3 Å². The summed E-state index contributed by atoms with van der Waals surface area (Å²) < 4.78 is 6.48.